The van der Waals surface area contributed by atoms with Gasteiger partial charge in [-0.15, -0.1) is 0 Å². The van der Waals surface area contributed by atoms with Crippen molar-refractivity contribution in [2.24, 2.45) is 0 Å². The highest BCUT2D eigenvalue weighted by Crippen LogP contribution is 2.04. The van der Waals surface area contributed by atoms with Crippen LogP contribution in [0.15, 0.2) is 22.8 Å². The molecule has 1 unspecified atom stereocenters. The molecular formula is C12H18N2O6. The highest BCUT2D eigenvalue weighted by atomic mass is 16.3. The number of furan rings is 1. The summed E-state index contributed by atoms with van der Waals surface area (Å²) in [6.07, 6.45) is 1.33. The number of amides is 2. The first-order valence-electron chi connectivity index (χ1n) is 5.97. The van der Waals surface area contributed by atoms with E-state index in [0.717, 1.165) is 0 Å². The van der Waals surface area contributed by atoms with E-state index in [9.17, 15) is 9.59 Å². The minimum atomic E-state index is -1.53. The van der Waals surface area contributed by atoms with Crippen LogP contribution in [0.1, 0.15) is 17.5 Å². The standard InChI is InChI=1S/C12H18N2O6/c1-8(13-11(19)9-3-2-4-20-9)10(18)14-12(5-15,6-16)7-17/h2-4,8,15-17H,5-7H2,1H3,(H,13,19)(H,14,18). The first-order valence-corrected chi connectivity index (χ1v) is 5.97. The molecule has 5 N–H and O–H groups in total. The molecule has 1 atom stereocenters. The van der Waals surface area contributed by atoms with Gasteiger partial charge in [-0.25, -0.2) is 0 Å². The summed E-state index contributed by atoms with van der Waals surface area (Å²) in [6, 6.07) is 2.05. The van der Waals surface area contributed by atoms with Crippen LogP contribution < -0.4 is 10.6 Å². The van der Waals surface area contributed by atoms with Crippen molar-refractivity contribution in [2.75, 3.05) is 19.8 Å². The molecule has 0 spiro atoms. The lowest BCUT2D eigenvalue weighted by atomic mass is 10.0. The van der Waals surface area contributed by atoms with E-state index in [-0.39, 0.29) is 5.76 Å². The summed E-state index contributed by atoms with van der Waals surface area (Å²) in [5.41, 5.74) is -1.53. The molecule has 0 saturated heterocycles. The van der Waals surface area contributed by atoms with Crippen LogP contribution in [-0.4, -0.2) is 58.5 Å². The van der Waals surface area contributed by atoms with E-state index < -0.39 is 43.2 Å². The van der Waals surface area contributed by atoms with Gasteiger partial charge in [0.25, 0.3) is 5.91 Å². The Labute approximate surface area is 115 Å². The number of nitrogens with one attached hydrogen (secondary N) is 2. The number of aliphatic hydroxyl groups excluding tert-OH is 3. The largest absolute Gasteiger partial charge is 0.459 e. The third-order valence-corrected chi connectivity index (χ3v) is 2.78. The van der Waals surface area contributed by atoms with E-state index in [1.54, 1.807) is 0 Å². The van der Waals surface area contributed by atoms with Crippen LogP contribution in [0.4, 0.5) is 0 Å². The molecule has 0 fully saturated rings. The zero-order valence-electron chi connectivity index (χ0n) is 11.0. The maximum Gasteiger partial charge on any atom is 0.287 e. The maximum atomic E-state index is 11.9. The molecule has 112 valence electrons. The molecule has 1 rings (SSSR count). The molecule has 1 aromatic rings. The second kappa shape index (κ2) is 7.04. The quantitative estimate of drug-likeness (QED) is 0.403. The van der Waals surface area contributed by atoms with E-state index in [1.807, 2.05) is 0 Å². The Balaban J connectivity index is 2.61. The molecule has 1 aromatic heterocycles. The van der Waals surface area contributed by atoms with Crippen molar-refractivity contribution < 1.29 is 29.3 Å². The summed E-state index contributed by atoms with van der Waals surface area (Å²) in [4.78, 5) is 23.5. The second-order valence-corrected chi connectivity index (χ2v) is 4.42. The van der Waals surface area contributed by atoms with Crippen molar-refractivity contribution in [1.29, 1.82) is 0 Å². The average Bonchev–Trinajstić information content (AvgIpc) is 2.99. The van der Waals surface area contributed by atoms with Crippen molar-refractivity contribution in [3.63, 3.8) is 0 Å². The number of carbonyl (C=O) groups is 2. The first kappa shape index (κ1) is 16.2. The summed E-state index contributed by atoms with van der Waals surface area (Å²) in [7, 11) is 0. The molecule has 0 bridgehead atoms. The van der Waals surface area contributed by atoms with Crippen molar-refractivity contribution in [3.05, 3.63) is 24.2 Å². The van der Waals surface area contributed by atoms with Crippen LogP contribution in [0.25, 0.3) is 0 Å². The molecule has 1 heterocycles. The molecule has 0 saturated carbocycles. The summed E-state index contributed by atoms with van der Waals surface area (Å²) < 4.78 is 4.88. The van der Waals surface area contributed by atoms with Gasteiger partial charge in [0.05, 0.1) is 26.1 Å². The molecule has 0 aliphatic heterocycles. The summed E-state index contributed by atoms with van der Waals surface area (Å²) in [5.74, 6) is -1.16. The Bertz CT molecular complexity index is 433. The fourth-order valence-electron chi connectivity index (χ4n) is 1.38. The minimum Gasteiger partial charge on any atom is -0.459 e. The van der Waals surface area contributed by atoms with Gasteiger partial charge in [-0.05, 0) is 19.1 Å². The van der Waals surface area contributed by atoms with Crippen LogP contribution in [0.5, 0.6) is 0 Å². The topological polar surface area (TPSA) is 132 Å². The minimum absolute atomic E-state index is 0.0578. The maximum absolute atomic E-state index is 11.9. The third kappa shape index (κ3) is 3.80. The zero-order chi connectivity index (χ0) is 15.2. The number of carbonyl (C=O) groups excluding carboxylic acids is 2. The smallest absolute Gasteiger partial charge is 0.287 e. The van der Waals surface area contributed by atoms with Gasteiger partial charge in [-0.3, -0.25) is 9.59 Å². The number of hydrogen-bond donors (Lipinski definition) is 5. The lowest BCUT2D eigenvalue weighted by Crippen LogP contribution is -2.60. The number of rotatable bonds is 7. The van der Waals surface area contributed by atoms with Gasteiger partial charge in [-0.2, -0.15) is 0 Å². The lowest BCUT2D eigenvalue weighted by Gasteiger charge is -2.30. The molecule has 20 heavy (non-hydrogen) atoms. The molecule has 0 radical (unpaired) electrons. The highest BCUT2D eigenvalue weighted by molar-refractivity contribution is 5.95. The van der Waals surface area contributed by atoms with Crippen LogP contribution in [0.2, 0.25) is 0 Å². The highest BCUT2D eigenvalue weighted by Gasteiger charge is 2.32. The van der Waals surface area contributed by atoms with Gasteiger partial charge in [0.15, 0.2) is 5.76 Å². The van der Waals surface area contributed by atoms with Gasteiger partial charge >= 0.3 is 0 Å². The average molecular weight is 286 g/mol. The lowest BCUT2D eigenvalue weighted by molar-refractivity contribution is -0.126. The zero-order valence-corrected chi connectivity index (χ0v) is 11.0. The van der Waals surface area contributed by atoms with Gasteiger partial charge < -0.3 is 30.4 Å². The Morgan fingerprint density at radius 1 is 1.30 bits per heavy atom. The molecule has 8 nitrogen and oxygen atoms in total. The van der Waals surface area contributed by atoms with Crippen molar-refractivity contribution >= 4 is 11.8 Å². The monoisotopic (exact) mass is 286 g/mol. The molecular weight excluding hydrogens is 268 g/mol. The van der Waals surface area contributed by atoms with Gasteiger partial charge in [-0.1, -0.05) is 0 Å². The molecule has 0 aliphatic carbocycles. The fraction of sp³-hybridized carbons (Fsp3) is 0.500. The van der Waals surface area contributed by atoms with E-state index in [2.05, 4.69) is 10.6 Å². The Morgan fingerprint density at radius 2 is 1.90 bits per heavy atom. The molecule has 2 amide bonds. The fourth-order valence-corrected chi connectivity index (χ4v) is 1.38. The molecule has 0 aliphatic rings. The Hall–Kier alpha value is -1.90. The number of aliphatic hydroxyl groups is 3. The first-order chi connectivity index (χ1) is 9.48. The predicted molar refractivity (Wildman–Crippen MR) is 67.8 cm³/mol. The van der Waals surface area contributed by atoms with Crippen molar-refractivity contribution in [3.8, 4) is 0 Å². The second-order valence-electron chi connectivity index (χ2n) is 4.42. The van der Waals surface area contributed by atoms with Crippen LogP contribution in [0.3, 0.4) is 0 Å². The molecule has 0 aromatic carbocycles. The SMILES string of the molecule is CC(NC(=O)c1ccco1)C(=O)NC(CO)(CO)CO. The normalized spacial score (nSPS) is 12.8. The van der Waals surface area contributed by atoms with Gasteiger partial charge in [0.2, 0.25) is 5.91 Å². The van der Waals surface area contributed by atoms with Crippen LogP contribution >= 0.6 is 0 Å². The van der Waals surface area contributed by atoms with Crippen molar-refractivity contribution in [1.82, 2.24) is 10.6 Å². The predicted octanol–water partition coefficient (Wildman–Crippen LogP) is -1.77. The van der Waals surface area contributed by atoms with Crippen molar-refractivity contribution in [2.45, 2.75) is 18.5 Å². The third-order valence-electron chi connectivity index (χ3n) is 2.78. The Kier molecular flexibility index (Phi) is 5.68. The Morgan fingerprint density at radius 3 is 2.35 bits per heavy atom. The van der Waals surface area contributed by atoms with Gasteiger partial charge in [0.1, 0.15) is 11.6 Å². The number of hydrogen-bond acceptors (Lipinski definition) is 6. The van der Waals surface area contributed by atoms with E-state index in [4.69, 9.17) is 19.7 Å². The molecule has 8 heteroatoms. The summed E-state index contributed by atoms with van der Waals surface area (Å²) in [5, 5.41) is 32.0. The van der Waals surface area contributed by atoms with Gasteiger partial charge in [0, 0.05) is 0 Å². The van der Waals surface area contributed by atoms with E-state index >= 15 is 0 Å². The van der Waals surface area contributed by atoms with E-state index in [0.29, 0.717) is 0 Å². The summed E-state index contributed by atoms with van der Waals surface area (Å²) in [6.45, 7) is -0.479. The van der Waals surface area contributed by atoms with Crippen LogP contribution in [0, 0.1) is 0 Å². The van der Waals surface area contributed by atoms with Crippen LogP contribution in [-0.2, 0) is 4.79 Å². The van der Waals surface area contributed by atoms with E-state index in [1.165, 1.54) is 25.3 Å². The summed E-state index contributed by atoms with van der Waals surface area (Å²) >= 11 is 0.